The smallest absolute Gasteiger partial charge is 0.152 e. The van der Waals surface area contributed by atoms with Crippen molar-refractivity contribution in [2.45, 2.75) is 13.0 Å². The summed E-state index contributed by atoms with van der Waals surface area (Å²) in [5.74, 6) is 0.750. The molecule has 0 bridgehead atoms. The normalized spacial score (nSPS) is 11.8. The molecule has 0 aliphatic rings. The lowest BCUT2D eigenvalue weighted by Gasteiger charge is -2.13. The lowest BCUT2D eigenvalue weighted by atomic mass is 10.1. The molecule has 0 aliphatic heterocycles. The molecule has 3 heteroatoms. The quantitative estimate of drug-likeness (QED) is 0.637. The molecular weight excluding hydrogens is 224 g/mol. The summed E-state index contributed by atoms with van der Waals surface area (Å²) < 4.78 is 5.52. The number of ether oxygens (including phenoxy) is 1. The Hall–Kier alpha value is -2.29. The van der Waals surface area contributed by atoms with Crippen molar-refractivity contribution in [3.05, 3.63) is 54.6 Å². The van der Waals surface area contributed by atoms with Gasteiger partial charge >= 0.3 is 0 Å². The van der Waals surface area contributed by atoms with Crippen molar-refractivity contribution in [2.24, 2.45) is 5.73 Å². The lowest BCUT2D eigenvalue weighted by Crippen LogP contribution is -2.29. The van der Waals surface area contributed by atoms with E-state index in [0.29, 0.717) is 0 Å². The van der Waals surface area contributed by atoms with E-state index in [1.165, 1.54) is 5.56 Å². The Morgan fingerprint density at radius 2 is 1.56 bits per heavy atom. The van der Waals surface area contributed by atoms with Gasteiger partial charge < -0.3 is 10.5 Å². The van der Waals surface area contributed by atoms with Crippen molar-refractivity contribution in [3.8, 4) is 16.9 Å². The molecule has 3 nitrogen and oxygen atoms in total. The summed E-state index contributed by atoms with van der Waals surface area (Å²) in [6, 6.07) is 17.9. The summed E-state index contributed by atoms with van der Waals surface area (Å²) in [5.41, 5.74) is 7.67. The van der Waals surface area contributed by atoms with Crippen LogP contribution in [0.25, 0.3) is 11.1 Å². The van der Waals surface area contributed by atoms with Gasteiger partial charge in [-0.3, -0.25) is 5.41 Å². The maximum Gasteiger partial charge on any atom is 0.152 e. The average molecular weight is 240 g/mol. The second-order valence-corrected chi connectivity index (χ2v) is 4.11. The van der Waals surface area contributed by atoms with E-state index in [4.69, 9.17) is 15.9 Å². The Morgan fingerprint density at radius 3 is 2.11 bits per heavy atom. The molecule has 1 atom stereocenters. The van der Waals surface area contributed by atoms with Gasteiger partial charge in [0.25, 0.3) is 0 Å². The fourth-order valence-electron chi connectivity index (χ4n) is 1.62. The Labute approximate surface area is 107 Å². The molecule has 2 aromatic carbocycles. The maximum absolute atomic E-state index is 7.28. The SMILES string of the molecule is CC(Oc1ccc(-c2ccccc2)cc1)C(=N)N. The minimum atomic E-state index is -0.396. The first-order valence-corrected chi connectivity index (χ1v) is 5.83. The summed E-state index contributed by atoms with van der Waals surface area (Å²) in [6.45, 7) is 1.76. The highest BCUT2D eigenvalue weighted by molar-refractivity contribution is 5.81. The van der Waals surface area contributed by atoms with Gasteiger partial charge in [-0.05, 0) is 30.2 Å². The number of rotatable bonds is 4. The third-order valence-electron chi connectivity index (χ3n) is 2.71. The van der Waals surface area contributed by atoms with Crippen LogP contribution in [0.15, 0.2) is 54.6 Å². The minimum absolute atomic E-state index is 0.0298. The number of benzene rings is 2. The zero-order chi connectivity index (χ0) is 13.0. The van der Waals surface area contributed by atoms with E-state index >= 15 is 0 Å². The Balaban J connectivity index is 2.13. The molecule has 0 spiro atoms. The maximum atomic E-state index is 7.28. The van der Waals surface area contributed by atoms with Crippen LogP contribution in [0, 0.1) is 5.41 Å². The van der Waals surface area contributed by atoms with Crippen molar-refractivity contribution < 1.29 is 4.74 Å². The van der Waals surface area contributed by atoms with Gasteiger partial charge in [0.1, 0.15) is 11.6 Å². The van der Waals surface area contributed by atoms with Gasteiger partial charge in [-0.2, -0.15) is 0 Å². The topological polar surface area (TPSA) is 59.1 Å². The van der Waals surface area contributed by atoms with E-state index in [-0.39, 0.29) is 5.84 Å². The van der Waals surface area contributed by atoms with E-state index in [2.05, 4.69) is 12.1 Å². The number of amidine groups is 1. The molecule has 1 unspecified atom stereocenters. The fourth-order valence-corrected chi connectivity index (χ4v) is 1.62. The van der Waals surface area contributed by atoms with Gasteiger partial charge in [-0.15, -0.1) is 0 Å². The molecule has 0 aromatic heterocycles. The number of hydrogen-bond acceptors (Lipinski definition) is 2. The van der Waals surface area contributed by atoms with Crippen molar-refractivity contribution in [3.63, 3.8) is 0 Å². The molecular formula is C15H16N2O. The van der Waals surface area contributed by atoms with Gasteiger partial charge in [0.05, 0.1) is 0 Å². The van der Waals surface area contributed by atoms with Gasteiger partial charge in [-0.1, -0.05) is 42.5 Å². The molecule has 0 radical (unpaired) electrons. The first-order valence-electron chi connectivity index (χ1n) is 5.83. The predicted molar refractivity (Wildman–Crippen MR) is 73.9 cm³/mol. The molecule has 0 fully saturated rings. The van der Waals surface area contributed by atoms with Crippen LogP contribution >= 0.6 is 0 Å². The molecule has 0 heterocycles. The fraction of sp³-hybridized carbons (Fsp3) is 0.133. The molecule has 18 heavy (non-hydrogen) atoms. The van der Waals surface area contributed by atoms with Crippen LogP contribution in [-0.4, -0.2) is 11.9 Å². The number of nitrogens with one attached hydrogen (secondary N) is 1. The highest BCUT2D eigenvalue weighted by Gasteiger charge is 2.06. The van der Waals surface area contributed by atoms with Crippen LogP contribution in [0.2, 0.25) is 0 Å². The van der Waals surface area contributed by atoms with Crippen LogP contribution in [-0.2, 0) is 0 Å². The van der Waals surface area contributed by atoms with Crippen molar-refractivity contribution in [1.29, 1.82) is 5.41 Å². The molecule has 92 valence electrons. The van der Waals surface area contributed by atoms with E-state index in [1.807, 2.05) is 42.5 Å². The van der Waals surface area contributed by atoms with E-state index in [1.54, 1.807) is 6.92 Å². The van der Waals surface area contributed by atoms with Crippen molar-refractivity contribution in [2.75, 3.05) is 0 Å². The van der Waals surface area contributed by atoms with Crippen molar-refractivity contribution >= 4 is 5.84 Å². The Bertz CT molecular complexity index is 520. The predicted octanol–water partition coefficient (Wildman–Crippen LogP) is 3.06. The van der Waals surface area contributed by atoms with Crippen LogP contribution in [0.3, 0.4) is 0 Å². The third kappa shape index (κ3) is 2.88. The first-order chi connectivity index (χ1) is 8.66. The second kappa shape index (κ2) is 5.36. The molecule has 3 N–H and O–H groups in total. The number of hydrogen-bond donors (Lipinski definition) is 2. The van der Waals surface area contributed by atoms with Crippen LogP contribution in [0.1, 0.15) is 6.92 Å². The summed E-state index contributed by atoms with van der Waals surface area (Å²) >= 11 is 0. The lowest BCUT2D eigenvalue weighted by molar-refractivity contribution is 0.285. The summed E-state index contributed by atoms with van der Waals surface area (Å²) in [7, 11) is 0. The molecule has 0 aliphatic carbocycles. The molecule has 0 saturated carbocycles. The van der Waals surface area contributed by atoms with Crippen molar-refractivity contribution in [1.82, 2.24) is 0 Å². The Morgan fingerprint density at radius 1 is 1.00 bits per heavy atom. The summed E-state index contributed by atoms with van der Waals surface area (Å²) in [5, 5.41) is 7.28. The third-order valence-corrected chi connectivity index (χ3v) is 2.71. The highest BCUT2D eigenvalue weighted by atomic mass is 16.5. The Kier molecular flexibility index (Phi) is 3.63. The first kappa shape index (κ1) is 12.2. The standard InChI is InChI=1S/C15H16N2O/c1-11(15(16)17)18-14-9-7-13(8-10-14)12-5-3-2-4-6-12/h2-11H,1H3,(H3,16,17). The summed E-state index contributed by atoms with van der Waals surface area (Å²) in [4.78, 5) is 0. The van der Waals surface area contributed by atoms with Crippen LogP contribution in [0.4, 0.5) is 0 Å². The van der Waals surface area contributed by atoms with Gasteiger partial charge in [-0.25, -0.2) is 0 Å². The van der Waals surface area contributed by atoms with E-state index in [9.17, 15) is 0 Å². The second-order valence-electron chi connectivity index (χ2n) is 4.11. The average Bonchev–Trinajstić information content (AvgIpc) is 2.40. The van der Waals surface area contributed by atoms with Gasteiger partial charge in [0.2, 0.25) is 0 Å². The molecule has 2 aromatic rings. The molecule has 0 amide bonds. The van der Waals surface area contributed by atoms with Crippen LogP contribution < -0.4 is 10.5 Å². The van der Waals surface area contributed by atoms with Gasteiger partial charge in [0.15, 0.2) is 6.10 Å². The van der Waals surface area contributed by atoms with Gasteiger partial charge in [0, 0.05) is 0 Å². The van der Waals surface area contributed by atoms with Crippen LogP contribution in [0.5, 0.6) is 5.75 Å². The number of nitrogens with two attached hydrogens (primary N) is 1. The molecule has 2 rings (SSSR count). The highest BCUT2D eigenvalue weighted by Crippen LogP contribution is 2.22. The molecule has 0 saturated heterocycles. The van der Waals surface area contributed by atoms with E-state index < -0.39 is 6.10 Å². The summed E-state index contributed by atoms with van der Waals surface area (Å²) in [6.07, 6.45) is -0.396. The monoisotopic (exact) mass is 240 g/mol. The van der Waals surface area contributed by atoms with E-state index in [0.717, 1.165) is 11.3 Å². The zero-order valence-corrected chi connectivity index (χ0v) is 10.3. The minimum Gasteiger partial charge on any atom is -0.483 e. The zero-order valence-electron chi connectivity index (χ0n) is 10.3. The largest absolute Gasteiger partial charge is 0.483 e.